The molecule has 2 aliphatic rings. The standard InChI is InChI=1S/C24H18N2O7/c1-11(25)21(29)22(30)26-17-4-2-3-16-20(17)23(31)33-24(16)14-7-5-12(27)9-18(14)32-19-10-13(28)6-8-15(19)24/h2-11,27-28H,25H2,1H3,(H,26,30)/t11-/m0/s1. The molecule has 2 aliphatic heterocycles. The summed E-state index contributed by atoms with van der Waals surface area (Å²) in [6.45, 7) is 1.39. The Morgan fingerprint density at radius 2 is 1.58 bits per heavy atom. The summed E-state index contributed by atoms with van der Waals surface area (Å²) < 4.78 is 11.9. The number of benzene rings is 3. The Morgan fingerprint density at radius 1 is 0.970 bits per heavy atom. The van der Waals surface area contributed by atoms with Gasteiger partial charge in [0.1, 0.15) is 23.0 Å². The van der Waals surface area contributed by atoms with Crippen molar-refractivity contribution < 1.29 is 34.1 Å². The molecule has 1 atom stereocenters. The molecular formula is C24H18N2O7. The molecule has 0 aliphatic carbocycles. The molecule has 3 aromatic rings. The lowest BCUT2D eigenvalue weighted by Crippen LogP contribution is -2.37. The van der Waals surface area contributed by atoms with Crippen LogP contribution in [0.3, 0.4) is 0 Å². The van der Waals surface area contributed by atoms with Crippen LogP contribution in [0.15, 0.2) is 54.6 Å². The Morgan fingerprint density at radius 3 is 2.15 bits per heavy atom. The van der Waals surface area contributed by atoms with Crippen LogP contribution in [-0.2, 0) is 19.9 Å². The van der Waals surface area contributed by atoms with Gasteiger partial charge in [0.15, 0.2) is 5.60 Å². The lowest BCUT2D eigenvalue weighted by atomic mass is 9.77. The van der Waals surface area contributed by atoms with Crippen LogP contribution in [0.2, 0.25) is 0 Å². The van der Waals surface area contributed by atoms with Crippen molar-refractivity contribution in [2.45, 2.75) is 18.6 Å². The number of nitrogens with two attached hydrogens (primary N) is 1. The number of phenols is 2. The average Bonchev–Trinajstić information content (AvgIpc) is 3.06. The Labute approximate surface area is 187 Å². The number of hydrogen-bond donors (Lipinski definition) is 4. The number of carbonyl (C=O) groups excluding carboxylic acids is 3. The van der Waals surface area contributed by atoms with E-state index in [-0.39, 0.29) is 34.2 Å². The molecule has 0 saturated carbocycles. The van der Waals surface area contributed by atoms with Crippen LogP contribution < -0.4 is 15.8 Å². The first-order valence-corrected chi connectivity index (χ1v) is 10.0. The zero-order chi connectivity index (χ0) is 23.5. The minimum atomic E-state index is -1.47. The number of carbonyl (C=O) groups is 3. The summed E-state index contributed by atoms with van der Waals surface area (Å²) in [5.74, 6) is -2.17. The second kappa shape index (κ2) is 7.07. The number of anilines is 1. The molecule has 0 bridgehead atoms. The summed E-state index contributed by atoms with van der Waals surface area (Å²) in [5, 5.41) is 22.4. The molecule has 33 heavy (non-hydrogen) atoms. The molecule has 5 rings (SSSR count). The van der Waals surface area contributed by atoms with Crippen molar-refractivity contribution in [3.05, 3.63) is 76.9 Å². The summed E-state index contributed by atoms with van der Waals surface area (Å²) in [6.07, 6.45) is 0. The van der Waals surface area contributed by atoms with Gasteiger partial charge in [0.25, 0.3) is 5.91 Å². The number of aromatic hydroxyl groups is 2. The number of esters is 1. The predicted molar refractivity (Wildman–Crippen MR) is 115 cm³/mol. The SMILES string of the molecule is C[C@H](N)C(=O)C(=O)Nc1cccc2c1C(=O)OC21c2ccc(O)cc2Oc2cc(O)ccc21. The van der Waals surface area contributed by atoms with Gasteiger partial charge in [0, 0.05) is 28.8 Å². The number of hydrogen-bond acceptors (Lipinski definition) is 8. The van der Waals surface area contributed by atoms with Gasteiger partial charge in [0.05, 0.1) is 17.3 Å². The smallest absolute Gasteiger partial charge is 0.342 e. The van der Waals surface area contributed by atoms with E-state index in [9.17, 15) is 24.6 Å². The third kappa shape index (κ3) is 2.94. The van der Waals surface area contributed by atoms with Gasteiger partial charge in [-0.25, -0.2) is 4.79 Å². The van der Waals surface area contributed by atoms with Gasteiger partial charge >= 0.3 is 5.97 Å². The van der Waals surface area contributed by atoms with Crippen molar-refractivity contribution >= 4 is 23.3 Å². The summed E-state index contributed by atoms with van der Waals surface area (Å²) in [7, 11) is 0. The number of rotatable bonds is 3. The van der Waals surface area contributed by atoms with Crippen LogP contribution >= 0.6 is 0 Å². The number of amides is 1. The van der Waals surface area contributed by atoms with Crippen molar-refractivity contribution in [2.24, 2.45) is 5.73 Å². The lowest BCUT2D eigenvalue weighted by molar-refractivity contribution is -0.135. The number of fused-ring (bicyclic) bond motifs is 6. The molecule has 3 aromatic carbocycles. The number of ether oxygens (including phenoxy) is 2. The van der Waals surface area contributed by atoms with Gasteiger partial charge < -0.3 is 30.7 Å². The average molecular weight is 446 g/mol. The fraction of sp³-hybridized carbons (Fsp3) is 0.125. The van der Waals surface area contributed by atoms with Crippen molar-refractivity contribution in [3.63, 3.8) is 0 Å². The number of ketones is 1. The van der Waals surface area contributed by atoms with Crippen LogP contribution in [0.4, 0.5) is 5.69 Å². The normalized spacial score (nSPS) is 15.5. The molecule has 9 nitrogen and oxygen atoms in total. The van der Waals surface area contributed by atoms with Crippen molar-refractivity contribution in [1.29, 1.82) is 0 Å². The molecular weight excluding hydrogens is 428 g/mol. The minimum absolute atomic E-state index is 0.0625. The Balaban J connectivity index is 1.74. The van der Waals surface area contributed by atoms with E-state index in [1.54, 1.807) is 24.3 Å². The molecule has 0 aromatic heterocycles. The fourth-order valence-corrected chi connectivity index (χ4v) is 4.24. The van der Waals surface area contributed by atoms with Crippen molar-refractivity contribution in [3.8, 4) is 23.0 Å². The Bertz CT molecular complexity index is 1310. The quantitative estimate of drug-likeness (QED) is 0.354. The van der Waals surface area contributed by atoms with Gasteiger partial charge in [-0.2, -0.15) is 0 Å². The number of Topliss-reactive ketones (excluding diaryl/α,β-unsaturated/α-hetero) is 1. The van der Waals surface area contributed by atoms with Gasteiger partial charge in [0.2, 0.25) is 5.78 Å². The molecule has 9 heteroatoms. The van der Waals surface area contributed by atoms with Crippen LogP contribution in [0.1, 0.15) is 34.0 Å². The molecule has 0 fully saturated rings. The van der Waals surface area contributed by atoms with Gasteiger partial charge in [-0.1, -0.05) is 12.1 Å². The molecule has 0 saturated heterocycles. The molecule has 2 heterocycles. The molecule has 1 amide bonds. The van der Waals surface area contributed by atoms with E-state index in [0.29, 0.717) is 16.7 Å². The van der Waals surface area contributed by atoms with Crippen molar-refractivity contribution in [2.75, 3.05) is 5.32 Å². The largest absolute Gasteiger partial charge is 0.508 e. The molecule has 5 N–H and O–H groups in total. The summed E-state index contributed by atoms with van der Waals surface area (Å²) in [4.78, 5) is 37.5. The Hall–Kier alpha value is -4.37. The van der Waals surface area contributed by atoms with E-state index in [2.05, 4.69) is 5.32 Å². The van der Waals surface area contributed by atoms with Gasteiger partial charge in [-0.15, -0.1) is 0 Å². The first-order valence-electron chi connectivity index (χ1n) is 10.0. The van der Waals surface area contributed by atoms with E-state index in [1.807, 2.05) is 0 Å². The topological polar surface area (TPSA) is 148 Å². The maximum absolute atomic E-state index is 13.2. The zero-order valence-corrected chi connectivity index (χ0v) is 17.3. The summed E-state index contributed by atoms with van der Waals surface area (Å²) in [6, 6.07) is 12.6. The second-order valence-electron chi connectivity index (χ2n) is 7.87. The molecule has 0 unspecified atom stereocenters. The van der Waals surface area contributed by atoms with Gasteiger partial charge in [-0.05, 0) is 37.3 Å². The first-order chi connectivity index (χ1) is 15.7. The van der Waals surface area contributed by atoms with Crippen LogP contribution in [0.5, 0.6) is 23.0 Å². The summed E-state index contributed by atoms with van der Waals surface area (Å²) >= 11 is 0. The lowest BCUT2D eigenvalue weighted by Gasteiger charge is -2.36. The number of phenolic OH excluding ortho intramolecular Hbond substituents is 2. The molecule has 1 spiro atoms. The monoisotopic (exact) mass is 446 g/mol. The van der Waals surface area contributed by atoms with E-state index >= 15 is 0 Å². The third-order valence-corrected chi connectivity index (χ3v) is 5.69. The zero-order valence-electron chi connectivity index (χ0n) is 17.3. The summed E-state index contributed by atoms with van der Waals surface area (Å²) in [5.41, 5.74) is 5.51. The minimum Gasteiger partial charge on any atom is -0.508 e. The highest BCUT2D eigenvalue weighted by molar-refractivity contribution is 6.42. The van der Waals surface area contributed by atoms with E-state index in [1.165, 1.54) is 37.3 Å². The predicted octanol–water partition coefficient (Wildman–Crippen LogP) is 2.52. The van der Waals surface area contributed by atoms with Crippen LogP contribution in [0.25, 0.3) is 0 Å². The molecule has 0 radical (unpaired) electrons. The maximum Gasteiger partial charge on any atom is 0.342 e. The highest BCUT2D eigenvalue weighted by Crippen LogP contribution is 2.57. The van der Waals surface area contributed by atoms with E-state index in [4.69, 9.17) is 15.2 Å². The van der Waals surface area contributed by atoms with Crippen molar-refractivity contribution in [1.82, 2.24) is 0 Å². The third-order valence-electron chi connectivity index (χ3n) is 5.69. The second-order valence-corrected chi connectivity index (χ2v) is 7.87. The fourth-order valence-electron chi connectivity index (χ4n) is 4.24. The van der Waals surface area contributed by atoms with Crippen LogP contribution in [0, 0.1) is 0 Å². The van der Waals surface area contributed by atoms with Gasteiger partial charge in [-0.3, -0.25) is 9.59 Å². The van der Waals surface area contributed by atoms with Crippen LogP contribution in [-0.4, -0.2) is 33.9 Å². The highest BCUT2D eigenvalue weighted by Gasteiger charge is 2.54. The van der Waals surface area contributed by atoms with E-state index < -0.39 is 29.3 Å². The van der Waals surface area contributed by atoms with E-state index in [0.717, 1.165) is 0 Å². The maximum atomic E-state index is 13.2. The first kappa shape index (κ1) is 20.5. The highest BCUT2D eigenvalue weighted by atomic mass is 16.6. The Kier molecular flexibility index (Phi) is 4.40. The number of nitrogens with one attached hydrogen (secondary N) is 1. The molecule has 166 valence electrons.